The molecule has 3 rings (SSSR count). The highest BCUT2D eigenvalue weighted by Gasteiger charge is 2.43. The zero-order valence-corrected chi connectivity index (χ0v) is 13.8. The molecule has 1 aliphatic heterocycles. The minimum absolute atomic E-state index is 0.0641. The lowest BCUT2D eigenvalue weighted by Crippen LogP contribution is -2.41. The molecule has 2 aliphatic rings. The number of carbonyl (C=O) groups is 1. The van der Waals surface area contributed by atoms with Crippen LogP contribution in [0.25, 0.3) is 0 Å². The maximum Gasteiger partial charge on any atom is 0.317 e. The molecule has 1 aromatic carbocycles. The van der Waals surface area contributed by atoms with E-state index >= 15 is 0 Å². The van der Waals surface area contributed by atoms with Crippen LogP contribution in [0.2, 0.25) is 0 Å². The average Bonchev–Trinajstić information content (AvgIpc) is 3.00. The van der Waals surface area contributed by atoms with Crippen LogP contribution in [0.4, 0.5) is 4.79 Å². The molecule has 0 bridgehead atoms. The number of urea groups is 1. The highest BCUT2D eigenvalue weighted by atomic mass is 16.5. The molecule has 1 spiro atoms. The summed E-state index contributed by atoms with van der Waals surface area (Å²) in [6.45, 7) is 3.52. The predicted molar refractivity (Wildman–Crippen MR) is 88.5 cm³/mol. The summed E-state index contributed by atoms with van der Waals surface area (Å²) in [5, 5.41) is 3.02. The number of carbonyl (C=O) groups excluding carboxylic acids is 1. The molecule has 0 aromatic heterocycles. The van der Waals surface area contributed by atoms with Gasteiger partial charge in [0.15, 0.2) is 0 Å². The predicted octanol–water partition coefficient (Wildman–Crippen LogP) is 2.80. The first-order valence-electron chi connectivity index (χ1n) is 8.44. The van der Waals surface area contributed by atoms with Gasteiger partial charge in [-0.1, -0.05) is 18.6 Å². The van der Waals surface area contributed by atoms with E-state index in [2.05, 4.69) is 5.32 Å². The Balaban J connectivity index is 1.42. The summed E-state index contributed by atoms with van der Waals surface area (Å²) in [5.74, 6) is 0.823. The molecule has 0 atom stereocenters. The number of nitrogens with zero attached hydrogens (tertiary/aromatic N) is 1. The zero-order valence-electron chi connectivity index (χ0n) is 13.8. The first-order valence-corrected chi connectivity index (χ1v) is 8.44. The molecule has 1 saturated carbocycles. The van der Waals surface area contributed by atoms with E-state index < -0.39 is 0 Å². The third kappa shape index (κ3) is 3.96. The first kappa shape index (κ1) is 16.1. The Morgan fingerprint density at radius 1 is 1.22 bits per heavy atom. The maximum absolute atomic E-state index is 12.3. The molecule has 0 unspecified atom stereocenters. The molecule has 1 aliphatic carbocycles. The quantitative estimate of drug-likeness (QED) is 0.821. The third-order valence-corrected chi connectivity index (χ3v) is 5.06. The maximum atomic E-state index is 12.3. The van der Waals surface area contributed by atoms with Crippen LogP contribution in [0.1, 0.15) is 31.2 Å². The minimum Gasteiger partial charge on any atom is -0.491 e. The van der Waals surface area contributed by atoms with E-state index in [4.69, 9.17) is 9.47 Å². The molecule has 5 heteroatoms. The summed E-state index contributed by atoms with van der Waals surface area (Å²) in [5.41, 5.74) is 1.54. The molecule has 5 nitrogen and oxygen atoms in total. The van der Waals surface area contributed by atoms with Gasteiger partial charge in [-0.2, -0.15) is 0 Å². The summed E-state index contributed by atoms with van der Waals surface area (Å²) in [4.78, 5) is 14.2. The molecule has 23 heavy (non-hydrogen) atoms. The van der Waals surface area contributed by atoms with Crippen molar-refractivity contribution in [2.75, 3.05) is 33.4 Å². The Kier molecular flexibility index (Phi) is 5.06. The highest BCUT2D eigenvalue weighted by Crippen LogP contribution is 2.47. The van der Waals surface area contributed by atoms with Crippen molar-refractivity contribution in [3.63, 3.8) is 0 Å². The van der Waals surface area contributed by atoms with E-state index in [1.54, 1.807) is 7.11 Å². The monoisotopic (exact) mass is 318 g/mol. The molecule has 0 radical (unpaired) electrons. The topological polar surface area (TPSA) is 50.8 Å². The number of likely N-dealkylation sites (tertiary alicyclic amines) is 1. The van der Waals surface area contributed by atoms with Gasteiger partial charge in [-0.05, 0) is 42.4 Å². The fourth-order valence-electron chi connectivity index (χ4n) is 3.43. The van der Waals surface area contributed by atoms with Gasteiger partial charge in [0.1, 0.15) is 12.4 Å². The van der Waals surface area contributed by atoms with Gasteiger partial charge in [0.2, 0.25) is 0 Å². The number of rotatable bonds is 6. The van der Waals surface area contributed by atoms with E-state index in [0.717, 1.165) is 24.4 Å². The fraction of sp³-hybridized carbons (Fsp3) is 0.611. The van der Waals surface area contributed by atoms with E-state index in [1.165, 1.54) is 25.7 Å². The number of amides is 2. The van der Waals surface area contributed by atoms with Crippen LogP contribution >= 0.6 is 0 Å². The van der Waals surface area contributed by atoms with Gasteiger partial charge in [0, 0.05) is 26.7 Å². The SMILES string of the molecule is COCCOc1ccc(CNC(=O)N2CCC3(CCC3)C2)cc1. The number of ether oxygens (including phenoxy) is 2. The van der Waals surface area contributed by atoms with Crippen LogP contribution < -0.4 is 10.1 Å². The van der Waals surface area contributed by atoms with Gasteiger partial charge in [0.25, 0.3) is 0 Å². The smallest absolute Gasteiger partial charge is 0.317 e. The normalized spacial score (nSPS) is 18.7. The number of nitrogens with one attached hydrogen (secondary N) is 1. The van der Waals surface area contributed by atoms with E-state index in [9.17, 15) is 4.79 Å². The second-order valence-corrected chi connectivity index (χ2v) is 6.67. The van der Waals surface area contributed by atoms with E-state index in [1.807, 2.05) is 29.2 Å². The summed E-state index contributed by atoms with van der Waals surface area (Å²) in [7, 11) is 1.66. The molecule has 1 aromatic rings. The summed E-state index contributed by atoms with van der Waals surface area (Å²) in [6, 6.07) is 7.89. The third-order valence-electron chi connectivity index (χ3n) is 5.06. The van der Waals surface area contributed by atoms with Crippen molar-refractivity contribution >= 4 is 6.03 Å². The first-order chi connectivity index (χ1) is 11.2. The second-order valence-electron chi connectivity index (χ2n) is 6.67. The second kappa shape index (κ2) is 7.21. The van der Waals surface area contributed by atoms with Gasteiger partial charge in [-0.25, -0.2) is 4.79 Å². The fourth-order valence-corrected chi connectivity index (χ4v) is 3.43. The van der Waals surface area contributed by atoms with Crippen molar-refractivity contribution in [3.8, 4) is 5.75 Å². The summed E-state index contributed by atoms with van der Waals surface area (Å²) >= 11 is 0. The Hall–Kier alpha value is -1.75. The molecule has 1 N–H and O–H groups in total. The van der Waals surface area contributed by atoms with Crippen LogP contribution in [0.15, 0.2) is 24.3 Å². The standard InChI is InChI=1S/C18H26N2O3/c1-22-11-12-23-16-5-3-15(4-6-16)13-19-17(21)20-10-9-18(14-20)7-2-8-18/h3-6H,2,7-14H2,1H3,(H,19,21). The Bertz CT molecular complexity index is 526. The van der Waals surface area contributed by atoms with Crippen molar-refractivity contribution in [2.45, 2.75) is 32.2 Å². The van der Waals surface area contributed by atoms with Gasteiger partial charge >= 0.3 is 6.03 Å². The summed E-state index contributed by atoms with van der Waals surface area (Å²) in [6.07, 6.45) is 5.09. The number of methoxy groups -OCH3 is 1. The number of benzene rings is 1. The van der Waals surface area contributed by atoms with Crippen molar-refractivity contribution in [3.05, 3.63) is 29.8 Å². The largest absolute Gasteiger partial charge is 0.491 e. The summed E-state index contributed by atoms with van der Waals surface area (Å²) < 4.78 is 10.5. The van der Waals surface area contributed by atoms with Crippen LogP contribution in [0.5, 0.6) is 5.75 Å². The minimum atomic E-state index is 0.0641. The molecule has 1 saturated heterocycles. The molecule has 2 fully saturated rings. The van der Waals surface area contributed by atoms with Crippen molar-refractivity contribution in [1.82, 2.24) is 10.2 Å². The van der Waals surface area contributed by atoms with Gasteiger partial charge in [-0.15, -0.1) is 0 Å². The lowest BCUT2D eigenvalue weighted by atomic mass is 9.68. The van der Waals surface area contributed by atoms with E-state index in [0.29, 0.717) is 25.2 Å². The van der Waals surface area contributed by atoms with Gasteiger partial charge < -0.3 is 19.7 Å². The lowest BCUT2D eigenvalue weighted by molar-refractivity contribution is 0.141. The molecular weight excluding hydrogens is 292 g/mol. The van der Waals surface area contributed by atoms with Gasteiger partial charge in [0.05, 0.1) is 6.61 Å². The van der Waals surface area contributed by atoms with Crippen LogP contribution in [-0.4, -0.2) is 44.3 Å². The van der Waals surface area contributed by atoms with E-state index in [-0.39, 0.29) is 6.03 Å². The average molecular weight is 318 g/mol. The van der Waals surface area contributed by atoms with Crippen molar-refractivity contribution < 1.29 is 14.3 Å². The highest BCUT2D eigenvalue weighted by molar-refractivity contribution is 5.74. The lowest BCUT2D eigenvalue weighted by Gasteiger charge is -2.37. The Morgan fingerprint density at radius 2 is 2.00 bits per heavy atom. The Labute approximate surface area is 137 Å². The van der Waals surface area contributed by atoms with Gasteiger partial charge in [-0.3, -0.25) is 0 Å². The molecule has 126 valence electrons. The molecule has 1 heterocycles. The van der Waals surface area contributed by atoms with Crippen LogP contribution in [-0.2, 0) is 11.3 Å². The number of hydrogen-bond donors (Lipinski definition) is 1. The molecular formula is C18H26N2O3. The molecule has 2 amide bonds. The van der Waals surface area contributed by atoms with Crippen molar-refractivity contribution in [2.24, 2.45) is 5.41 Å². The Morgan fingerprint density at radius 3 is 2.61 bits per heavy atom. The van der Waals surface area contributed by atoms with Crippen molar-refractivity contribution in [1.29, 1.82) is 0 Å². The van der Waals surface area contributed by atoms with Crippen LogP contribution in [0.3, 0.4) is 0 Å². The van der Waals surface area contributed by atoms with Crippen LogP contribution in [0, 0.1) is 5.41 Å². The number of hydrogen-bond acceptors (Lipinski definition) is 3. The zero-order chi connectivity index (χ0) is 16.1.